The third-order valence-corrected chi connectivity index (χ3v) is 3.76. The lowest BCUT2D eigenvalue weighted by Gasteiger charge is -2.23. The number of carbonyl (C=O) groups is 1. The van der Waals surface area contributed by atoms with Gasteiger partial charge in [-0.15, -0.1) is 0 Å². The topological polar surface area (TPSA) is 77.0 Å². The highest BCUT2D eigenvalue weighted by Crippen LogP contribution is 2.37. The van der Waals surface area contributed by atoms with E-state index in [1.165, 1.54) is 0 Å². The molecule has 0 bridgehead atoms. The quantitative estimate of drug-likeness (QED) is 0.791. The molecule has 0 saturated carbocycles. The second-order valence-electron chi connectivity index (χ2n) is 5.10. The Morgan fingerprint density at radius 1 is 1.40 bits per heavy atom. The summed E-state index contributed by atoms with van der Waals surface area (Å²) in [6, 6.07) is 1.69. The van der Waals surface area contributed by atoms with Crippen molar-refractivity contribution in [1.82, 2.24) is 14.8 Å². The van der Waals surface area contributed by atoms with Gasteiger partial charge in [-0.1, -0.05) is 0 Å². The fourth-order valence-corrected chi connectivity index (χ4v) is 2.64. The van der Waals surface area contributed by atoms with Crippen molar-refractivity contribution in [3.63, 3.8) is 0 Å². The van der Waals surface area contributed by atoms with E-state index in [2.05, 4.69) is 10.1 Å². The Bertz CT molecular complexity index is 758. The minimum atomic E-state index is -0.323. The van der Waals surface area contributed by atoms with Crippen LogP contribution in [0.4, 0.5) is 0 Å². The number of carbonyl (C=O) groups excluding carboxylic acids is 1. The average molecular weight is 273 g/mol. The fourth-order valence-electron chi connectivity index (χ4n) is 2.64. The molecule has 2 aromatic rings. The van der Waals surface area contributed by atoms with E-state index in [0.717, 1.165) is 11.3 Å². The second kappa shape index (κ2) is 4.33. The van der Waals surface area contributed by atoms with E-state index in [1.54, 1.807) is 23.9 Å². The Morgan fingerprint density at radius 2 is 2.15 bits per heavy atom. The van der Waals surface area contributed by atoms with E-state index in [1.807, 2.05) is 14.0 Å². The number of aromatic amines is 1. The molecule has 1 aliphatic rings. The first-order valence-electron chi connectivity index (χ1n) is 6.40. The van der Waals surface area contributed by atoms with Crippen molar-refractivity contribution in [2.24, 2.45) is 7.05 Å². The molecule has 0 spiro atoms. The third kappa shape index (κ3) is 1.84. The van der Waals surface area contributed by atoms with Gasteiger partial charge in [-0.3, -0.25) is 14.3 Å². The second-order valence-corrected chi connectivity index (χ2v) is 5.10. The number of aromatic nitrogens is 3. The summed E-state index contributed by atoms with van der Waals surface area (Å²) in [4.78, 5) is 26.8. The lowest BCUT2D eigenvalue weighted by atomic mass is 9.87. The van der Waals surface area contributed by atoms with Crippen molar-refractivity contribution >= 4 is 5.97 Å². The molecule has 3 heterocycles. The minimum absolute atomic E-state index is 0.158. The Balaban J connectivity index is 2.23. The molecule has 1 aliphatic heterocycles. The van der Waals surface area contributed by atoms with Crippen molar-refractivity contribution in [2.45, 2.75) is 26.2 Å². The molecule has 0 unspecified atom stereocenters. The van der Waals surface area contributed by atoms with Crippen LogP contribution in [0.1, 0.15) is 34.9 Å². The number of hydrogen-bond acceptors (Lipinski definition) is 4. The number of fused-ring (bicyclic) bond motifs is 1. The number of nitrogens with zero attached hydrogens (tertiary/aromatic N) is 2. The molecular formula is C14H15N3O3. The fraction of sp³-hybridized carbons (Fsp3) is 0.357. The van der Waals surface area contributed by atoms with E-state index in [-0.39, 0.29) is 23.9 Å². The zero-order valence-corrected chi connectivity index (χ0v) is 11.6. The van der Waals surface area contributed by atoms with Crippen LogP contribution >= 0.6 is 0 Å². The third-order valence-electron chi connectivity index (χ3n) is 3.76. The van der Waals surface area contributed by atoms with E-state index in [9.17, 15) is 9.59 Å². The molecule has 1 N–H and O–H groups in total. The zero-order valence-electron chi connectivity index (χ0n) is 11.6. The van der Waals surface area contributed by atoms with Crippen molar-refractivity contribution in [1.29, 1.82) is 0 Å². The zero-order chi connectivity index (χ0) is 14.4. The number of hydrogen-bond donors (Lipinski definition) is 1. The van der Waals surface area contributed by atoms with Gasteiger partial charge >= 0.3 is 5.97 Å². The summed E-state index contributed by atoms with van der Waals surface area (Å²) >= 11 is 0. The number of rotatable bonds is 1. The van der Waals surface area contributed by atoms with Gasteiger partial charge in [-0.05, 0) is 13.8 Å². The minimum Gasteiger partial charge on any atom is -0.426 e. The van der Waals surface area contributed by atoms with Crippen molar-refractivity contribution < 1.29 is 9.53 Å². The largest absolute Gasteiger partial charge is 0.426 e. The Morgan fingerprint density at radius 3 is 2.80 bits per heavy atom. The molecule has 0 saturated heterocycles. The molecule has 104 valence electrons. The van der Waals surface area contributed by atoms with E-state index >= 15 is 0 Å². The van der Waals surface area contributed by atoms with Gasteiger partial charge in [0.2, 0.25) is 0 Å². The predicted octanol–water partition coefficient (Wildman–Crippen LogP) is 1.17. The number of aryl methyl sites for hydroxylation is 2. The summed E-state index contributed by atoms with van der Waals surface area (Å²) in [7, 11) is 1.83. The van der Waals surface area contributed by atoms with Crippen LogP contribution in [0.15, 0.2) is 17.1 Å². The highest BCUT2D eigenvalue weighted by Gasteiger charge is 2.33. The van der Waals surface area contributed by atoms with Crippen LogP contribution in [-0.2, 0) is 11.8 Å². The molecule has 0 aromatic carbocycles. The van der Waals surface area contributed by atoms with Crippen molar-refractivity contribution in [3.05, 3.63) is 45.1 Å². The Labute approximate surface area is 115 Å². The Hall–Kier alpha value is -2.37. The maximum Gasteiger partial charge on any atom is 0.312 e. The first-order chi connectivity index (χ1) is 9.47. The molecular weight excluding hydrogens is 258 g/mol. The summed E-state index contributed by atoms with van der Waals surface area (Å²) in [5.41, 5.74) is 2.80. The summed E-state index contributed by atoms with van der Waals surface area (Å²) in [5, 5.41) is 4.19. The van der Waals surface area contributed by atoms with Crippen LogP contribution in [0.25, 0.3) is 0 Å². The van der Waals surface area contributed by atoms with E-state index < -0.39 is 0 Å². The van der Waals surface area contributed by atoms with Gasteiger partial charge in [0.05, 0.1) is 18.2 Å². The SMILES string of the molecule is Cc1cc2c(c(=O)[nH]1)[C@@H](c1cnn(C)c1C)CC(=O)O2. The number of H-pyrrole nitrogens is 1. The highest BCUT2D eigenvalue weighted by atomic mass is 16.5. The van der Waals surface area contributed by atoms with Gasteiger partial charge < -0.3 is 9.72 Å². The Kier molecular flexibility index (Phi) is 2.74. The van der Waals surface area contributed by atoms with Crippen LogP contribution in [0, 0.1) is 13.8 Å². The summed E-state index contributed by atoms with van der Waals surface area (Å²) in [6.45, 7) is 3.68. The number of esters is 1. The number of nitrogens with one attached hydrogen (secondary N) is 1. The van der Waals surface area contributed by atoms with Crippen LogP contribution in [0.2, 0.25) is 0 Å². The monoisotopic (exact) mass is 273 g/mol. The van der Waals surface area contributed by atoms with Crippen LogP contribution in [-0.4, -0.2) is 20.7 Å². The summed E-state index contributed by atoms with van der Waals surface area (Å²) in [5.74, 6) is -0.268. The molecule has 3 rings (SSSR count). The smallest absolute Gasteiger partial charge is 0.312 e. The molecule has 6 heteroatoms. The van der Waals surface area contributed by atoms with Crippen LogP contribution in [0.3, 0.4) is 0 Å². The first kappa shape index (κ1) is 12.7. The maximum atomic E-state index is 12.2. The predicted molar refractivity (Wildman–Crippen MR) is 71.8 cm³/mol. The van der Waals surface area contributed by atoms with Crippen molar-refractivity contribution in [2.75, 3.05) is 0 Å². The van der Waals surface area contributed by atoms with Crippen LogP contribution in [0.5, 0.6) is 5.75 Å². The van der Waals surface area contributed by atoms with Gasteiger partial charge in [-0.2, -0.15) is 5.10 Å². The van der Waals surface area contributed by atoms with E-state index in [0.29, 0.717) is 17.0 Å². The lowest BCUT2D eigenvalue weighted by molar-refractivity contribution is -0.135. The van der Waals surface area contributed by atoms with Gasteiger partial charge in [0.1, 0.15) is 5.75 Å². The molecule has 6 nitrogen and oxygen atoms in total. The molecule has 0 aliphatic carbocycles. The molecule has 0 radical (unpaired) electrons. The standard InChI is InChI=1S/C14H15N3O3/c1-7-4-11-13(14(19)16-7)9(5-12(18)20-11)10-6-15-17(3)8(10)2/h4,6,9H,5H2,1-3H3,(H,16,19)/t9-/m1/s1. The molecule has 0 fully saturated rings. The summed E-state index contributed by atoms with van der Waals surface area (Å²) < 4.78 is 6.94. The number of pyridine rings is 1. The number of ether oxygens (including phenoxy) is 1. The van der Waals surface area contributed by atoms with Gasteiger partial charge in [0, 0.05) is 36.0 Å². The molecule has 1 atom stereocenters. The highest BCUT2D eigenvalue weighted by molar-refractivity contribution is 5.77. The van der Waals surface area contributed by atoms with Gasteiger partial charge in [0.15, 0.2) is 0 Å². The summed E-state index contributed by atoms with van der Waals surface area (Å²) in [6.07, 6.45) is 1.87. The van der Waals surface area contributed by atoms with Gasteiger partial charge in [-0.25, -0.2) is 0 Å². The first-order valence-corrected chi connectivity index (χ1v) is 6.40. The van der Waals surface area contributed by atoms with E-state index in [4.69, 9.17) is 4.74 Å². The molecule has 20 heavy (non-hydrogen) atoms. The van der Waals surface area contributed by atoms with Crippen molar-refractivity contribution in [3.8, 4) is 5.75 Å². The van der Waals surface area contributed by atoms with Crippen LogP contribution < -0.4 is 10.3 Å². The maximum absolute atomic E-state index is 12.2. The lowest BCUT2D eigenvalue weighted by Crippen LogP contribution is -2.28. The average Bonchev–Trinajstić information content (AvgIpc) is 2.68. The normalized spacial score (nSPS) is 17.8. The van der Waals surface area contributed by atoms with Gasteiger partial charge in [0.25, 0.3) is 5.56 Å². The molecule has 2 aromatic heterocycles. The molecule has 0 amide bonds.